The molecule has 0 spiro atoms. The van der Waals surface area contributed by atoms with Gasteiger partial charge in [0.05, 0.1) is 6.61 Å². The van der Waals surface area contributed by atoms with Gasteiger partial charge in [0.15, 0.2) is 6.10 Å². The second-order valence-electron chi connectivity index (χ2n) is 16.3. The van der Waals surface area contributed by atoms with Crippen molar-refractivity contribution in [3.05, 3.63) is 48.6 Å². The van der Waals surface area contributed by atoms with Crippen molar-refractivity contribution < 1.29 is 63.1 Å². The molecule has 1 aliphatic carbocycles. The Labute approximate surface area is 367 Å². The van der Waals surface area contributed by atoms with Crippen molar-refractivity contribution in [2.75, 3.05) is 13.2 Å². The highest BCUT2D eigenvalue weighted by Gasteiger charge is 2.51. The number of aliphatic hydroxyl groups excluding tert-OH is 5. The van der Waals surface area contributed by atoms with Gasteiger partial charge < -0.3 is 39.9 Å². The van der Waals surface area contributed by atoms with Crippen LogP contribution in [0.3, 0.4) is 0 Å². The molecule has 6 N–H and O–H groups in total. The number of unbranched alkanes of at least 4 members (excludes halogenated alkanes) is 18. The van der Waals surface area contributed by atoms with Gasteiger partial charge in [-0.3, -0.25) is 18.6 Å². The molecule has 1 rings (SSSR count). The summed E-state index contributed by atoms with van der Waals surface area (Å²) in [5.41, 5.74) is 0. The monoisotopic (exact) mass is 887 g/mol. The first kappa shape index (κ1) is 56.8. The van der Waals surface area contributed by atoms with E-state index in [1.165, 1.54) is 77.0 Å². The van der Waals surface area contributed by atoms with Crippen molar-refractivity contribution in [3.8, 4) is 0 Å². The Morgan fingerprint density at radius 2 is 0.902 bits per heavy atom. The summed E-state index contributed by atoms with van der Waals surface area (Å²) in [4.78, 5) is 35.7. The first-order valence-electron chi connectivity index (χ1n) is 23.4. The molecule has 1 saturated carbocycles. The topological polar surface area (TPSA) is 210 Å². The quantitative estimate of drug-likeness (QED) is 0.0148. The molecule has 13 nitrogen and oxygen atoms in total. The Morgan fingerprint density at radius 3 is 1.41 bits per heavy atom. The van der Waals surface area contributed by atoms with Crippen LogP contribution in [-0.2, 0) is 32.7 Å². The second kappa shape index (κ2) is 37.2. The highest BCUT2D eigenvalue weighted by Crippen LogP contribution is 2.47. The molecule has 61 heavy (non-hydrogen) atoms. The smallest absolute Gasteiger partial charge is 0.462 e. The fourth-order valence-corrected chi connectivity index (χ4v) is 7.80. The number of ether oxygens (including phenoxy) is 2. The third-order valence-electron chi connectivity index (χ3n) is 10.6. The van der Waals surface area contributed by atoms with Crippen LogP contribution in [0.5, 0.6) is 0 Å². The van der Waals surface area contributed by atoms with E-state index in [4.69, 9.17) is 18.5 Å². The summed E-state index contributed by atoms with van der Waals surface area (Å²) in [5, 5.41) is 50.1. The van der Waals surface area contributed by atoms with Crippen LogP contribution in [0.2, 0.25) is 0 Å². The Kier molecular flexibility index (Phi) is 34.7. The number of rotatable bonds is 38. The molecule has 354 valence electrons. The molecule has 0 heterocycles. The molecule has 0 aromatic carbocycles. The van der Waals surface area contributed by atoms with Crippen molar-refractivity contribution in [2.24, 2.45) is 0 Å². The molecule has 14 heteroatoms. The number of carbonyl (C=O) groups is 2. The lowest BCUT2D eigenvalue weighted by Crippen LogP contribution is -2.64. The lowest BCUT2D eigenvalue weighted by atomic mass is 9.85. The second-order valence-corrected chi connectivity index (χ2v) is 17.7. The Hall–Kier alpha value is -2.19. The minimum Gasteiger partial charge on any atom is -0.462 e. The van der Waals surface area contributed by atoms with E-state index in [1.54, 1.807) is 0 Å². The average molecular weight is 887 g/mol. The van der Waals surface area contributed by atoms with Gasteiger partial charge in [0.1, 0.15) is 43.2 Å². The van der Waals surface area contributed by atoms with Crippen molar-refractivity contribution in [1.29, 1.82) is 0 Å². The van der Waals surface area contributed by atoms with E-state index in [1.807, 2.05) is 12.2 Å². The molecular formula is C47H83O13P. The molecule has 0 radical (unpaired) electrons. The first-order valence-corrected chi connectivity index (χ1v) is 24.9. The van der Waals surface area contributed by atoms with Crippen LogP contribution < -0.4 is 0 Å². The maximum Gasteiger partial charge on any atom is 0.472 e. The highest BCUT2D eigenvalue weighted by atomic mass is 31.2. The fraction of sp³-hybridized carbons (Fsp3) is 0.787. The highest BCUT2D eigenvalue weighted by molar-refractivity contribution is 7.47. The third kappa shape index (κ3) is 29.7. The Balaban J connectivity index is 2.51. The first-order chi connectivity index (χ1) is 29.4. The summed E-state index contributed by atoms with van der Waals surface area (Å²) < 4.78 is 33.5. The van der Waals surface area contributed by atoms with E-state index < -0.39 is 75.7 Å². The number of phosphoric acid groups is 1. The zero-order valence-electron chi connectivity index (χ0n) is 37.4. The van der Waals surface area contributed by atoms with Gasteiger partial charge in [-0.05, 0) is 70.6 Å². The Morgan fingerprint density at radius 1 is 0.508 bits per heavy atom. The van der Waals surface area contributed by atoms with Crippen molar-refractivity contribution in [3.63, 3.8) is 0 Å². The number of aliphatic hydroxyl groups is 5. The predicted octanol–water partition coefficient (Wildman–Crippen LogP) is 9.17. The maximum absolute atomic E-state index is 12.8. The van der Waals surface area contributed by atoms with E-state index in [-0.39, 0.29) is 12.8 Å². The van der Waals surface area contributed by atoms with Gasteiger partial charge in [0.25, 0.3) is 0 Å². The maximum atomic E-state index is 12.8. The Bertz CT molecular complexity index is 1250. The summed E-state index contributed by atoms with van der Waals surface area (Å²) in [6.45, 7) is 3.24. The van der Waals surface area contributed by atoms with Crippen LogP contribution in [-0.4, -0.2) is 98.3 Å². The predicted molar refractivity (Wildman–Crippen MR) is 239 cm³/mol. The average Bonchev–Trinajstić information content (AvgIpc) is 3.24. The standard InChI is InChI=1S/C47H83O13P/c1-3-5-7-9-11-13-15-17-19-20-22-24-26-28-30-32-34-36-41(49)59-39(38-58-61(55,56)60-47-45(53)43(51)42(50)44(52)46(47)54)37-57-40(48)35-33-31-29-27-25-23-21-18-16-14-12-10-8-6-4-2/h17-19,21-22,24,28,30,39,42-47,50-54H,3-16,20,23,25-27,29,31-38H2,1-2H3,(H,55,56)/b19-17+,21-18+,24-22+,30-28+/t39-,42?,43+,44?,45?,46?,47?/m1/s1. The van der Waals surface area contributed by atoms with Crippen LogP contribution in [0.15, 0.2) is 48.6 Å². The zero-order valence-corrected chi connectivity index (χ0v) is 38.3. The van der Waals surface area contributed by atoms with E-state index >= 15 is 0 Å². The van der Waals surface area contributed by atoms with Gasteiger partial charge in [-0.15, -0.1) is 0 Å². The van der Waals surface area contributed by atoms with Crippen LogP contribution in [0.4, 0.5) is 0 Å². The molecule has 0 aromatic heterocycles. The van der Waals surface area contributed by atoms with E-state index in [2.05, 4.69) is 50.3 Å². The van der Waals surface area contributed by atoms with Gasteiger partial charge in [0.2, 0.25) is 0 Å². The molecule has 8 atom stereocenters. The summed E-state index contributed by atoms with van der Waals surface area (Å²) in [6, 6.07) is 0. The molecule has 6 unspecified atom stereocenters. The van der Waals surface area contributed by atoms with Crippen LogP contribution in [0, 0.1) is 0 Å². The van der Waals surface area contributed by atoms with Crippen molar-refractivity contribution >= 4 is 19.8 Å². The molecule has 0 amide bonds. The lowest BCUT2D eigenvalue weighted by molar-refractivity contribution is -0.220. The minimum absolute atomic E-state index is 0.0226. The normalized spacial score (nSPS) is 22.4. The number of esters is 2. The number of phosphoric ester groups is 1. The SMILES string of the molecule is CCCCCCCC/C=C/C/C=C/C/C=C/CCCC(=O)O[C@H](COC(=O)CCCCCCC/C=C/CCCCCCCC)COP(=O)(O)OC1C(O)C(O)C(O)[C@H](O)C1O. The van der Waals surface area contributed by atoms with Gasteiger partial charge in [-0.2, -0.15) is 0 Å². The number of carbonyl (C=O) groups excluding carboxylic acids is 2. The molecule has 0 bridgehead atoms. The summed E-state index contributed by atoms with van der Waals surface area (Å²) in [5.74, 6) is -1.17. The minimum atomic E-state index is -5.13. The largest absolute Gasteiger partial charge is 0.472 e. The van der Waals surface area contributed by atoms with Gasteiger partial charge in [0, 0.05) is 12.8 Å². The third-order valence-corrected chi connectivity index (χ3v) is 11.6. The van der Waals surface area contributed by atoms with Crippen LogP contribution >= 0.6 is 7.82 Å². The van der Waals surface area contributed by atoms with E-state index in [0.717, 1.165) is 57.8 Å². The fourth-order valence-electron chi connectivity index (χ4n) is 6.83. The van der Waals surface area contributed by atoms with E-state index in [0.29, 0.717) is 19.3 Å². The van der Waals surface area contributed by atoms with Crippen molar-refractivity contribution in [2.45, 2.75) is 224 Å². The molecule has 0 saturated heterocycles. The molecule has 1 fully saturated rings. The number of hydrogen-bond acceptors (Lipinski definition) is 12. The molecule has 1 aliphatic rings. The molecular weight excluding hydrogens is 803 g/mol. The zero-order chi connectivity index (χ0) is 45.0. The van der Waals surface area contributed by atoms with Crippen LogP contribution in [0.25, 0.3) is 0 Å². The van der Waals surface area contributed by atoms with Gasteiger partial charge >= 0.3 is 19.8 Å². The summed E-state index contributed by atoms with van der Waals surface area (Å²) >= 11 is 0. The van der Waals surface area contributed by atoms with Gasteiger partial charge in [-0.25, -0.2) is 4.57 Å². The van der Waals surface area contributed by atoms with Gasteiger partial charge in [-0.1, -0.05) is 146 Å². The summed E-state index contributed by atoms with van der Waals surface area (Å²) in [7, 11) is -5.13. The molecule has 0 aromatic rings. The number of allylic oxidation sites excluding steroid dienone is 8. The van der Waals surface area contributed by atoms with Crippen LogP contribution in [0.1, 0.15) is 181 Å². The summed E-state index contributed by atoms with van der Waals surface area (Å²) in [6.07, 6.45) is 30.3. The molecule has 0 aliphatic heterocycles. The number of hydrogen-bond donors (Lipinski definition) is 6. The van der Waals surface area contributed by atoms with Crippen molar-refractivity contribution in [1.82, 2.24) is 0 Å². The lowest BCUT2D eigenvalue weighted by Gasteiger charge is -2.41. The van der Waals surface area contributed by atoms with E-state index in [9.17, 15) is 44.6 Å².